The highest BCUT2D eigenvalue weighted by atomic mass is 32.7. The van der Waals surface area contributed by atoms with Crippen LogP contribution in [0.3, 0.4) is 0 Å². The summed E-state index contributed by atoms with van der Waals surface area (Å²) in [6, 6.07) is 13.7. The molecule has 0 aliphatic rings. The third kappa shape index (κ3) is 2.31. The van der Waals surface area contributed by atoms with Crippen LogP contribution in [-0.2, 0) is 0 Å². The van der Waals surface area contributed by atoms with Crippen LogP contribution >= 0.6 is 18.1 Å². The van der Waals surface area contributed by atoms with Crippen molar-refractivity contribution < 1.29 is 0 Å². The monoisotopic (exact) mass is 314 g/mol. The summed E-state index contributed by atoms with van der Waals surface area (Å²) in [5.41, 5.74) is 3.15. The van der Waals surface area contributed by atoms with Gasteiger partial charge >= 0.3 is 0 Å². The zero-order valence-corrected chi connectivity index (χ0v) is 15.2. The Morgan fingerprint density at radius 1 is 0.857 bits per heavy atom. The molecular weight excluding hydrogens is 291 g/mol. The van der Waals surface area contributed by atoms with Gasteiger partial charge in [-0.1, -0.05) is 58.0 Å². The predicted octanol–water partition coefficient (Wildman–Crippen LogP) is 7.35. The number of hydrogen-bond donors (Lipinski definition) is 0. The normalized spacial score (nSPS) is 13.0. The smallest absolute Gasteiger partial charge is 0.0160 e. The molecule has 0 aliphatic heterocycles. The predicted molar refractivity (Wildman–Crippen MR) is 101 cm³/mol. The van der Waals surface area contributed by atoms with Gasteiger partial charge in [0.1, 0.15) is 0 Å². The zero-order valence-electron chi connectivity index (χ0n) is 13.5. The molecule has 0 radical (unpaired) electrons. The lowest BCUT2D eigenvalue weighted by atomic mass is 9.89. The molecule has 0 nitrogen and oxygen atoms in total. The van der Waals surface area contributed by atoms with Crippen LogP contribution in [0.4, 0.5) is 0 Å². The van der Waals surface area contributed by atoms with E-state index >= 15 is 0 Å². The van der Waals surface area contributed by atoms with Gasteiger partial charge in [0.2, 0.25) is 0 Å². The summed E-state index contributed by atoms with van der Waals surface area (Å²) in [4.78, 5) is 0. The molecule has 21 heavy (non-hydrogen) atoms. The van der Waals surface area contributed by atoms with Gasteiger partial charge in [0, 0.05) is 10.2 Å². The molecule has 1 unspecified atom stereocenters. The quantitative estimate of drug-likeness (QED) is 0.487. The molecule has 0 saturated carbocycles. The lowest BCUT2D eigenvalue weighted by Crippen LogP contribution is -1.98. The molecule has 0 amide bonds. The van der Waals surface area contributed by atoms with Crippen LogP contribution in [0.25, 0.3) is 21.0 Å². The Morgan fingerprint density at radius 3 is 2.19 bits per heavy atom. The molecule has 0 N–H and O–H groups in total. The Labute approximate surface area is 132 Å². The lowest BCUT2D eigenvalue weighted by Gasteiger charge is -2.18. The maximum Gasteiger partial charge on any atom is 0.0160 e. The van der Waals surface area contributed by atoms with Crippen molar-refractivity contribution >= 4 is 39.1 Å². The van der Waals surface area contributed by atoms with Crippen molar-refractivity contribution in [1.82, 2.24) is 0 Å². The van der Waals surface area contributed by atoms with E-state index in [-0.39, 0.29) is 6.74 Å². The van der Waals surface area contributed by atoms with E-state index in [1.54, 1.807) is 15.8 Å². The van der Waals surface area contributed by atoms with Gasteiger partial charge in [0.15, 0.2) is 0 Å². The van der Waals surface area contributed by atoms with Crippen LogP contribution in [0.1, 0.15) is 50.7 Å². The van der Waals surface area contributed by atoms with Gasteiger partial charge in [-0.25, -0.2) is 0 Å². The Balaban J connectivity index is 2.55. The first-order valence-electron chi connectivity index (χ1n) is 7.66. The fourth-order valence-electron chi connectivity index (χ4n) is 3.36. The largest absolute Gasteiger partial charge is 0.109 e. The Kier molecular flexibility index (Phi) is 4.08. The molecule has 3 aromatic rings. The van der Waals surface area contributed by atoms with Gasteiger partial charge in [0.25, 0.3) is 0 Å². The standard InChI is InChI=1S/C19H23PS/c1-12(2)14-10-11-16-15-8-6-7-9-17(15)20(21-5)19(16)18(14)13(3)4/h6-13H,1-5H3. The summed E-state index contributed by atoms with van der Waals surface area (Å²) in [7, 11) is 0. The van der Waals surface area contributed by atoms with Gasteiger partial charge in [-0.05, 0) is 52.8 Å². The van der Waals surface area contributed by atoms with Gasteiger partial charge < -0.3 is 0 Å². The SMILES string of the molecule is CSp1c2ccccc2c2ccc(C(C)C)c(C(C)C)c21. The topological polar surface area (TPSA) is 0 Å². The molecule has 2 heteroatoms. The van der Waals surface area contributed by atoms with Gasteiger partial charge in [-0.2, -0.15) is 0 Å². The first-order valence-corrected chi connectivity index (χ1v) is 10.8. The molecule has 1 atom stereocenters. The van der Waals surface area contributed by atoms with Crippen LogP contribution in [0.5, 0.6) is 0 Å². The molecule has 3 rings (SSSR count). The molecular formula is C19H23PS. The summed E-state index contributed by atoms with van der Waals surface area (Å²) in [6.45, 7) is 9.07. The molecule has 0 aliphatic carbocycles. The third-order valence-corrected chi connectivity index (χ3v) is 8.56. The summed E-state index contributed by atoms with van der Waals surface area (Å²) in [5, 5.41) is 6.14. The van der Waals surface area contributed by atoms with E-state index < -0.39 is 0 Å². The van der Waals surface area contributed by atoms with Gasteiger partial charge in [0.05, 0.1) is 0 Å². The van der Waals surface area contributed by atoms with E-state index in [1.807, 2.05) is 11.4 Å². The number of hydrogen-bond acceptors (Lipinski definition) is 1. The van der Waals surface area contributed by atoms with Crippen molar-refractivity contribution in [2.75, 3.05) is 6.26 Å². The maximum absolute atomic E-state index is 2.37. The molecule has 0 spiro atoms. The molecule has 0 saturated heterocycles. The van der Waals surface area contributed by atoms with Crippen LogP contribution in [-0.4, -0.2) is 6.26 Å². The first-order chi connectivity index (χ1) is 10.1. The third-order valence-electron chi connectivity index (χ3n) is 4.25. The average Bonchev–Trinajstić information content (AvgIpc) is 2.79. The maximum atomic E-state index is 2.37. The lowest BCUT2D eigenvalue weighted by molar-refractivity contribution is 0.799. The fraction of sp³-hybridized carbons (Fsp3) is 0.368. The molecule has 1 aromatic heterocycles. The van der Waals surface area contributed by atoms with Crippen LogP contribution < -0.4 is 0 Å². The minimum Gasteiger partial charge on any atom is -0.109 e. The van der Waals surface area contributed by atoms with Crippen LogP contribution in [0.2, 0.25) is 0 Å². The van der Waals surface area contributed by atoms with Crippen molar-refractivity contribution in [3.8, 4) is 0 Å². The van der Waals surface area contributed by atoms with E-state index in [2.05, 4.69) is 70.3 Å². The van der Waals surface area contributed by atoms with Crippen LogP contribution in [0.15, 0.2) is 36.4 Å². The molecule has 110 valence electrons. The number of benzene rings is 2. The van der Waals surface area contributed by atoms with Crippen molar-refractivity contribution in [3.63, 3.8) is 0 Å². The van der Waals surface area contributed by atoms with E-state index in [1.165, 1.54) is 16.3 Å². The summed E-state index contributed by atoms with van der Waals surface area (Å²) < 4.78 is 0. The fourth-order valence-corrected chi connectivity index (χ4v) is 7.84. The summed E-state index contributed by atoms with van der Waals surface area (Å²) >= 11 is 2.03. The van der Waals surface area contributed by atoms with Crippen molar-refractivity contribution in [2.24, 2.45) is 0 Å². The molecule has 0 fully saturated rings. The van der Waals surface area contributed by atoms with Gasteiger partial charge in [-0.3, -0.25) is 0 Å². The molecule has 1 heterocycles. The van der Waals surface area contributed by atoms with Crippen molar-refractivity contribution in [3.05, 3.63) is 47.5 Å². The highest BCUT2D eigenvalue weighted by Crippen LogP contribution is 2.58. The Morgan fingerprint density at radius 2 is 1.57 bits per heavy atom. The minimum absolute atomic E-state index is 0.252. The summed E-state index contributed by atoms with van der Waals surface area (Å²) in [6.07, 6.45) is 2.27. The van der Waals surface area contributed by atoms with Crippen LogP contribution in [0, 0.1) is 0 Å². The van der Waals surface area contributed by atoms with E-state index in [0.717, 1.165) is 0 Å². The second-order valence-electron chi connectivity index (χ2n) is 6.27. The van der Waals surface area contributed by atoms with E-state index in [0.29, 0.717) is 11.8 Å². The van der Waals surface area contributed by atoms with Gasteiger partial charge in [-0.15, -0.1) is 11.4 Å². The Hall–Kier alpha value is -0.910. The Bertz CT molecular complexity index is 796. The molecule has 0 bridgehead atoms. The number of rotatable bonds is 3. The number of fused-ring (bicyclic) bond motifs is 3. The molecule has 2 aromatic carbocycles. The highest BCUT2D eigenvalue weighted by Gasteiger charge is 2.19. The van der Waals surface area contributed by atoms with Crippen molar-refractivity contribution in [2.45, 2.75) is 39.5 Å². The van der Waals surface area contributed by atoms with E-state index in [9.17, 15) is 0 Å². The second kappa shape index (κ2) is 5.71. The van der Waals surface area contributed by atoms with E-state index in [4.69, 9.17) is 0 Å². The second-order valence-corrected chi connectivity index (χ2v) is 10.3. The first kappa shape index (κ1) is 15.0. The zero-order chi connectivity index (χ0) is 15.1. The van der Waals surface area contributed by atoms with Crippen molar-refractivity contribution in [1.29, 1.82) is 0 Å². The highest BCUT2D eigenvalue weighted by molar-refractivity contribution is 8.55. The minimum atomic E-state index is -0.252. The summed E-state index contributed by atoms with van der Waals surface area (Å²) in [5.74, 6) is 1.18. The average molecular weight is 314 g/mol.